The van der Waals surface area contributed by atoms with Crippen molar-refractivity contribution in [1.82, 2.24) is 4.90 Å². The van der Waals surface area contributed by atoms with Crippen LogP contribution in [-0.2, 0) is 21.1 Å². The van der Waals surface area contributed by atoms with Crippen LogP contribution < -0.4 is 9.47 Å². The van der Waals surface area contributed by atoms with Crippen LogP contribution in [0.3, 0.4) is 0 Å². The van der Waals surface area contributed by atoms with Crippen molar-refractivity contribution in [2.75, 3.05) is 33.4 Å². The first-order valence-electron chi connectivity index (χ1n) is 12.4. The van der Waals surface area contributed by atoms with E-state index in [0.717, 1.165) is 19.6 Å². The smallest absolute Gasteiger partial charge is 0.325 e. The van der Waals surface area contributed by atoms with Crippen molar-refractivity contribution in [1.29, 1.82) is 0 Å². The van der Waals surface area contributed by atoms with E-state index in [1.54, 1.807) is 31.2 Å². The van der Waals surface area contributed by atoms with Crippen LogP contribution in [0.5, 0.6) is 11.5 Å². The van der Waals surface area contributed by atoms with Gasteiger partial charge in [0.05, 0.1) is 12.0 Å². The summed E-state index contributed by atoms with van der Waals surface area (Å²) in [7, 11) is -2.69. The first-order valence-corrected chi connectivity index (χ1v) is 13.9. The maximum absolute atomic E-state index is 13.6. The second-order valence-electron chi connectivity index (χ2n) is 9.15. The van der Waals surface area contributed by atoms with Crippen molar-refractivity contribution >= 4 is 15.8 Å². The third-order valence-corrected chi connectivity index (χ3v) is 9.16. The largest absolute Gasteiger partial charge is 0.497 e. The van der Waals surface area contributed by atoms with Gasteiger partial charge in [-0.1, -0.05) is 38.3 Å². The number of hydrogen-bond donors (Lipinski definition) is 1. The zero-order valence-corrected chi connectivity index (χ0v) is 21.6. The van der Waals surface area contributed by atoms with Crippen LogP contribution in [0.2, 0.25) is 0 Å². The first-order chi connectivity index (χ1) is 16.8. The van der Waals surface area contributed by atoms with Gasteiger partial charge in [-0.05, 0) is 74.3 Å². The monoisotopic (exact) mass is 503 g/mol. The van der Waals surface area contributed by atoms with Gasteiger partial charge in [0.25, 0.3) is 0 Å². The van der Waals surface area contributed by atoms with E-state index < -0.39 is 20.6 Å². The van der Waals surface area contributed by atoms with E-state index in [1.165, 1.54) is 57.1 Å². The number of likely N-dealkylation sites (tertiary alicyclic amines) is 1. The molecule has 0 saturated carbocycles. The maximum Gasteiger partial charge on any atom is 0.325 e. The fourth-order valence-electron chi connectivity index (χ4n) is 4.69. The fourth-order valence-corrected chi connectivity index (χ4v) is 6.69. The summed E-state index contributed by atoms with van der Waals surface area (Å²) in [5.74, 6) is -0.141. The summed E-state index contributed by atoms with van der Waals surface area (Å²) >= 11 is 0. The summed E-state index contributed by atoms with van der Waals surface area (Å²) in [6, 6.07) is 13.0. The van der Waals surface area contributed by atoms with E-state index in [9.17, 15) is 18.3 Å². The first kappa shape index (κ1) is 27.0. The number of aliphatic carboxylic acids is 1. The van der Waals surface area contributed by atoms with Gasteiger partial charge in [-0.15, -0.1) is 0 Å². The van der Waals surface area contributed by atoms with E-state index in [4.69, 9.17) is 9.47 Å². The van der Waals surface area contributed by atoms with Gasteiger partial charge >= 0.3 is 5.97 Å². The number of carboxylic acid groups (broad SMARTS) is 1. The van der Waals surface area contributed by atoms with Crippen molar-refractivity contribution in [3.8, 4) is 11.5 Å². The van der Waals surface area contributed by atoms with E-state index in [2.05, 4.69) is 4.90 Å². The van der Waals surface area contributed by atoms with Gasteiger partial charge in [0.2, 0.25) is 0 Å². The third-order valence-electron chi connectivity index (χ3n) is 6.72. The van der Waals surface area contributed by atoms with Crippen LogP contribution in [0.4, 0.5) is 0 Å². The fraction of sp³-hybridized carbons (Fsp3) is 0.519. The molecule has 0 amide bonds. The summed E-state index contributed by atoms with van der Waals surface area (Å²) in [4.78, 5) is 14.9. The Bertz CT molecular complexity index is 1040. The molecule has 35 heavy (non-hydrogen) atoms. The highest BCUT2D eigenvalue weighted by molar-refractivity contribution is 7.93. The number of benzene rings is 2. The van der Waals surface area contributed by atoms with Gasteiger partial charge < -0.3 is 14.6 Å². The summed E-state index contributed by atoms with van der Waals surface area (Å²) in [6.45, 7) is 5.47. The van der Waals surface area contributed by atoms with Crippen LogP contribution >= 0.6 is 0 Å². The van der Waals surface area contributed by atoms with E-state index in [0.29, 0.717) is 30.1 Å². The molecule has 192 valence electrons. The molecule has 1 saturated heterocycles. The Morgan fingerprint density at radius 1 is 0.971 bits per heavy atom. The number of carboxylic acids is 1. The van der Waals surface area contributed by atoms with Crippen LogP contribution in [0.1, 0.15) is 51.0 Å². The summed E-state index contributed by atoms with van der Waals surface area (Å²) in [5.41, 5.74) is 0.637. The SMILES string of the molecule is CCCC(Cc1ccc(OCCN2CCCCCC2)cc1)(C(=O)O)S(=O)(=O)c1ccc(OC)cc1. The molecule has 0 radical (unpaired) electrons. The molecule has 1 fully saturated rings. The molecule has 0 aliphatic carbocycles. The molecule has 0 aromatic heterocycles. The third kappa shape index (κ3) is 6.55. The summed E-state index contributed by atoms with van der Waals surface area (Å²) < 4.78 is 36.3. The molecule has 1 unspecified atom stereocenters. The van der Waals surface area contributed by atoms with Gasteiger partial charge in [0, 0.05) is 13.0 Å². The van der Waals surface area contributed by atoms with Crippen LogP contribution in [0.25, 0.3) is 0 Å². The molecule has 8 heteroatoms. The predicted octanol–water partition coefficient (Wildman–Crippen LogP) is 4.59. The highest BCUT2D eigenvalue weighted by Gasteiger charge is 2.51. The molecule has 2 aromatic carbocycles. The van der Waals surface area contributed by atoms with E-state index in [1.807, 2.05) is 0 Å². The summed E-state index contributed by atoms with van der Waals surface area (Å²) in [5, 5.41) is 10.2. The molecule has 1 heterocycles. The topological polar surface area (TPSA) is 93.1 Å². The predicted molar refractivity (Wildman–Crippen MR) is 136 cm³/mol. The lowest BCUT2D eigenvalue weighted by molar-refractivity contribution is -0.140. The van der Waals surface area contributed by atoms with Crippen molar-refractivity contribution in [2.45, 2.75) is 61.5 Å². The van der Waals surface area contributed by atoms with Crippen LogP contribution in [0.15, 0.2) is 53.4 Å². The molecule has 2 aromatic rings. The van der Waals surface area contributed by atoms with Gasteiger partial charge in [0.1, 0.15) is 18.1 Å². The number of methoxy groups -OCH3 is 1. The molecule has 7 nitrogen and oxygen atoms in total. The zero-order valence-electron chi connectivity index (χ0n) is 20.7. The maximum atomic E-state index is 13.6. The highest BCUT2D eigenvalue weighted by Crippen LogP contribution is 2.35. The Morgan fingerprint density at radius 2 is 1.57 bits per heavy atom. The minimum atomic E-state index is -4.18. The zero-order chi connectivity index (χ0) is 25.3. The van der Waals surface area contributed by atoms with E-state index >= 15 is 0 Å². The average Bonchev–Trinajstić information content (AvgIpc) is 3.13. The van der Waals surface area contributed by atoms with Gasteiger partial charge in [0.15, 0.2) is 14.6 Å². The second-order valence-corrected chi connectivity index (χ2v) is 11.4. The van der Waals surface area contributed by atoms with Crippen LogP contribution in [-0.4, -0.2) is 62.5 Å². The minimum absolute atomic E-state index is 0.00474. The number of sulfone groups is 1. The number of carbonyl (C=O) groups is 1. The lowest BCUT2D eigenvalue weighted by Gasteiger charge is -2.29. The summed E-state index contributed by atoms with van der Waals surface area (Å²) in [6.07, 6.45) is 5.35. The van der Waals surface area contributed by atoms with E-state index in [-0.39, 0.29) is 17.7 Å². The Kier molecular flexibility index (Phi) is 9.57. The Labute approximate surface area is 209 Å². The quantitative estimate of drug-likeness (QED) is 0.453. The standard InChI is InChI=1S/C27H37NO6S/c1-3-16-27(26(29)30,35(31,32)25-14-12-23(33-2)13-15-25)21-22-8-10-24(11-9-22)34-20-19-28-17-6-4-5-7-18-28/h8-15H,3-7,16-21H2,1-2H3,(H,29,30). The highest BCUT2D eigenvalue weighted by atomic mass is 32.2. The number of hydrogen-bond acceptors (Lipinski definition) is 6. The Morgan fingerprint density at radius 3 is 2.11 bits per heavy atom. The van der Waals surface area contributed by atoms with Crippen molar-refractivity contribution in [3.05, 3.63) is 54.1 Å². The molecular weight excluding hydrogens is 466 g/mol. The second kappa shape index (κ2) is 12.4. The number of rotatable bonds is 12. The van der Waals surface area contributed by atoms with Gasteiger partial charge in [-0.3, -0.25) is 9.69 Å². The molecule has 1 N–H and O–H groups in total. The normalized spacial score (nSPS) is 16.7. The lowest BCUT2D eigenvalue weighted by atomic mass is 9.94. The van der Waals surface area contributed by atoms with Crippen LogP contribution in [0, 0.1) is 0 Å². The molecular formula is C27H37NO6S. The molecule has 1 atom stereocenters. The molecule has 0 bridgehead atoms. The Hall–Kier alpha value is -2.58. The molecule has 0 spiro atoms. The van der Waals surface area contributed by atoms with Gasteiger partial charge in [-0.2, -0.15) is 0 Å². The minimum Gasteiger partial charge on any atom is -0.497 e. The Balaban J connectivity index is 1.74. The van der Waals surface area contributed by atoms with Crippen molar-refractivity contribution in [3.63, 3.8) is 0 Å². The molecule has 3 rings (SSSR count). The number of nitrogens with zero attached hydrogens (tertiary/aromatic N) is 1. The molecule has 1 aliphatic rings. The lowest BCUT2D eigenvalue weighted by Crippen LogP contribution is -2.48. The van der Waals surface area contributed by atoms with Crippen molar-refractivity contribution < 1.29 is 27.8 Å². The molecule has 1 aliphatic heterocycles. The van der Waals surface area contributed by atoms with Gasteiger partial charge in [-0.25, -0.2) is 8.42 Å². The average molecular weight is 504 g/mol. The number of ether oxygens (including phenoxy) is 2. The van der Waals surface area contributed by atoms with Crippen molar-refractivity contribution in [2.24, 2.45) is 0 Å².